The summed E-state index contributed by atoms with van der Waals surface area (Å²) in [6.07, 6.45) is 9.47. The first-order valence-corrected chi connectivity index (χ1v) is 4.38. The Morgan fingerprint density at radius 2 is 2.18 bits per heavy atom. The summed E-state index contributed by atoms with van der Waals surface area (Å²) in [5, 5.41) is 0. The standard InChI is InChI=1S/C9H14O2/c1-3-7-10-9(5-1)6-2-4-8-11-9/h3,7H,1-2,4-6,8H2. The Hall–Kier alpha value is -0.500. The highest BCUT2D eigenvalue weighted by molar-refractivity contribution is 4.88. The smallest absolute Gasteiger partial charge is 0.209 e. The average molecular weight is 154 g/mol. The van der Waals surface area contributed by atoms with Crippen molar-refractivity contribution in [3.05, 3.63) is 12.3 Å². The van der Waals surface area contributed by atoms with E-state index >= 15 is 0 Å². The Balaban J connectivity index is 2.01. The largest absolute Gasteiger partial charge is 0.470 e. The summed E-state index contributed by atoms with van der Waals surface area (Å²) < 4.78 is 11.1. The minimum Gasteiger partial charge on any atom is -0.470 e. The highest BCUT2D eigenvalue weighted by Gasteiger charge is 2.34. The molecule has 0 aliphatic carbocycles. The van der Waals surface area contributed by atoms with Crippen molar-refractivity contribution in [1.29, 1.82) is 0 Å². The van der Waals surface area contributed by atoms with E-state index in [0.29, 0.717) is 0 Å². The quantitative estimate of drug-likeness (QED) is 0.532. The highest BCUT2D eigenvalue weighted by atomic mass is 16.7. The van der Waals surface area contributed by atoms with Crippen LogP contribution in [0.4, 0.5) is 0 Å². The molecule has 1 fully saturated rings. The van der Waals surface area contributed by atoms with E-state index < -0.39 is 0 Å². The first-order chi connectivity index (χ1) is 5.41. The second-order valence-electron chi connectivity index (χ2n) is 3.24. The maximum Gasteiger partial charge on any atom is 0.209 e. The Morgan fingerprint density at radius 3 is 2.82 bits per heavy atom. The van der Waals surface area contributed by atoms with E-state index in [9.17, 15) is 0 Å². The van der Waals surface area contributed by atoms with Gasteiger partial charge in [0.2, 0.25) is 5.79 Å². The summed E-state index contributed by atoms with van der Waals surface area (Å²) in [6.45, 7) is 0.869. The van der Waals surface area contributed by atoms with E-state index in [1.165, 1.54) is 12.8 Å². The molecule has 2 heteroatoms. The molecule has 11 heavy (non-hydrogen) atoms. The lowest BCUT2D eigenvalue weighted by atomic mass is 9.99. The lowest BCUT2D eigenvalue weighted by Crippen LogP contribution is -2.38. The van der Waals surface area contributed by atoms with Crippen LogP contribution in [0.15, 0.2) is 12.3 Å². The molecule has 0 aromatic heterocycles. The Morgan fingerprint density at radius 1 is 1.18 bits per heavy atom. The number of allylic oxidation sites excluding steroid dienone is 1. The average Bonchev–Trinajstić information content (AvgIpc) is 2.07. The second-order valence-corrected chi connectivity index (χ2v) is 3.24. The van der Waals surface area contributed by atoms with Gasteiger partial charge in [0.25, 0.3) is 0 Å². The van der Waals surface area contributed by atoms with Crippen LogP contribution in [0.25, 0.3) is 0 Å². The van der Waals surface area contributed by atoms with Gasteiger partial charge in [-0.05, 0) is 25.3 Å². The second kappa shape index (κ2) is 2.86. The van der Waals surface area contributed by atoms with Crippen molar-refractivity contribution >= 4 is 0 Å². The van der Waals surface area contributed by atoms with Crippen LogP contribution < -0.4 is 0 Å². The zero-order valence-electron chi connectivity index (χ0n) is 6.71. The molecule has 0 aromatic carbocycles. The molecule has 2 heterocycles. The van der Waals surface area contributed by atoms with E-state index in [1.54, 1.807) is 6.26 Å². The molecule has 1 saturated heterocycles. The van der Waals surface area contributed by atoms with Crippen LogP contribution in [0.2, 0.25) is 0 Å². The predicted molar refractivity (Wildman–Crippen MR) is 42.0 cm³/mol. The SMILES string of the molecule is C1=COC2(CC1)CCCCO2. The first kappa shape index (κ1) is 7.17. The molecule has 2 aliphatic heterocycles. The normalized spacial score (nSPS) is 37.1. The van der Waals surface area contributed by atoms with Crippen LogP contribution >= 0.6 is 0 Å². The molecule has 2 aliphatic rings. The summed E-state index contributed by atoms with van der Waals surface area (Å²) >= 11 is 0. The van der Waals surface area contributed by atoms with Crippen molar-refractivity contribution in [3.63, 3.8) is 0 Å². The maximum atomic E-state index is 5.63. The third-order valence-electron chi connectivity index (χ3n) is 2.39. The lowest BCUT2D eigenvalue weighted by Gasteiger charge is -2.37. The summed E-state index contributed by atoms with van der Waals surface area (Å²) in [5.41, 5.74) is 0. The third kappa shape index (κ3) is 1.41. The van der Waals surface area contributed by atoms with E-state index in [2.05, 4.69) is 6.08 Å². The molecule has 1 atom stereocenters. The Kier molecular flexibility index (Phi) is 1.86. The van der Waals surface area contributed by atoms with Gasteiger partial charge in [-0.1, -0.05) is 0 Å². The zero-order valence-corrected chi connectivity index (χ0v) is 6.71. The van der Waals surface area contributed by atoms with Crippen LogP contribution in [-0.4, -0.2) is 12.4 Å². The number of hydrogen-bond acceptors (Lipinski definition) is 2. The summed E-state index contributed by atoms with van der Waals surface area (Å²) in [7, 11) is 0. The minimum atomic E-state index is -0.229. The van der Waals surface area contributed by atoms with Crippen molar-refractivity contribution < 1.29 is 9.47 Å². The molecule has 0 aromatic rings. The molecule has 0 saturated carbocycles. The number of hydrogen-bond donors (Lipinski definition) is 0. The van der Waals surface area contributed by atoms with Gasteiger partial charge in [-0.2, -0.15) is 0 Å². The van der Waals surface area contributed by atoms with E-state index in [-0.39, 0.29) is 5.79 Å². The molecule has 2 rings (SSSR count). The molecule has 0 N–H and O–H groups in total. The van der Waals surface area contributed by atoms with Crippen LogP contribution in [0.1, 0.15) is 32.1 Å². The molecule has 62 valence electrons. The fourth-order valence-electron chi connectivity index (χ4n) is 1.72. The first-order valence-electron chi connectivity index (χ1n) is 4.38. The van der Waals surface area contributed by atoms with Crippen molar-refractivity contribution in [3.8, 4) is 0 Å². The van der Waals surface area contributed by atoms with Gasteiger partial charge < -0.3 is 9.47 Å². The van der Waals surface area contributed by atoms with Gasteiger partial charge in [-0.15, -0.1) is 0 Å². The molecular weight excluding hydrogens is 140 g/mol. The van der Waals surface area contributed by atoms with Gasteiger partial charge in [0.1, 0.15) is 0 Å². The van der Waals surface area contributed by atoms with Crippen LogP contribution in [0.3, 0.4) is 0 Å². The zero-order chi connectivity index (χ0) is 7.57. The summed E-state index contributed by atoms with van der Waals surface area (Å²) in [5.74, 6) is -0.229. The van der Waals surface area contributed by atoms with Crippen molar-refractivity contribution in [2.45, 2.75) is 37.9 Å². The summed E-state index contributed by atoms with van der Waals surface area (Å²) in [6, 6.07) is 0. The molecule has 1 unspecified atom stereocenters. The monoisotopic (exact) mass is 154 g/mol. The van der Waals surface area contributed by atoms with E-state index in [1.807, 2.05) is 0 Å². The minimum absolute atomic E-state index is 0.229. The molecule has 0 bridgehead atoms. The summed E-state index contributed by atoms with van der Waals surface area (Å²) in [4.78, 5) is 0. The number of ether oxygens (including phenoxy) is 2. The molecular formula is C9H14O2. The predicted octanol–water partition coefficient (Wildman–Crippen LogP) is 2.21. The van der Waals surface area contributed by atoms with Crippen molar-refractivity contribution in [2.24, 2.45) is 0 Å². The number of rotatable bonds is 0. The fourth-order valence-corrected chi connectivity index (χ4v) is 1.72. The lowest BCUT2D eigenvalue weighted by molar-refractivity contribution is -0.235. The van der Waals surface area contributed by atoms with E-state index in [0.717, 1.165) is 25.9 Å². The van der Waals surface area contributed by atoms with Gasteiger partial charge in [-0.3, -0.25) is 0 Å². The molecule has 2 nitrogen and oxygen atoms in total. The van der Waals surface area contributed by atoms with Gasteiger partial charge in [-0.25, -0.2) is 0 Å². The topological polar surface area (TPSA) is 18.5 Å². The van der Waals surface area contributed by atoms with Crippen LogP contribution in [-0.2, 0) is 9.47 Å². The van der Waals surface area contributed by atoms with Gasteiger partial charge in [0.05, 0.1) is 12.9 Å². The molecule has 1 spiro atoms. The van der Waals surface area contributed by atoms with Crippen LogP contribution in [0, 0.1) is 0 Å². The maximum absolute atomic E-state index is 5.63. The fraction of sp³-hybridized carbons (Fsp3) is 0.778. The Labute approximate surface area is 67.2 Å². The van der Waals surface area contributed by atoms with Gasteiger partial charge >= 0.3 is 0 Å². The Bertz CT molecular complexity index is 157. The van der Waals surface area contributed by atoms with Crippen LogP contribution in [0.5, 0.6) is 0 Å². The van der Waals surface area contributed by atoms with Crippen molar-refractivity contribution in [1.82, 2.24) is 0 Å². The third-order valence-corrected chi connectivity index (χ3v) is 2.39. The highest BCUT2D eigenvalue weighted by Crippen LogP contribution is 2.33. The van der Waals surface area contributed by atoms with Gasteiger partial charge in [0, 0.05) is 12.8 Å². The molecule has 0 radical (unpaired) electrons. The van der Waals surface area contributed by atoms with Crippen molar-refractivity contribution in [2.75, 3.05) is 6.61 Å². The van der Waals surface area contributed by atoms with E-state index in [4.69, 9.17) is 9.47 Å². The molecule has 0 amide bonds. The van der Waals surface area contributed by atoms with Gasteiger partial charge in [0.15, 0.2) is 0 Å².